The van der Waals surface area contributed by atoms with Crippen molar-refractivity contribution in [1.82, 2.24) is 4.98 Å². The summed E-state index contributed by atoms with van der Waals surface area (Å²) in [5.41, 5.74) is 1.86. The SMILES string of the molecule is CCNc1ccc(Cl)c(COc2ccc(Br)c(C)c2)n1. The van der Waals surface area contributed by atoms with Gasteiger partial charge in [-0.3, -0.25) is 0 Å². The smallest absolute Gasteiger partial charge is 0.132 e. The molecule has 0 fully saturated rings. The van der Waals surface area contributed by atoms with Crippen LogP contribution in [-0.4, -0.2) is 11.5 Å². The predicted octanol–water partition coefficient (Wildman–Crippen LogP) is 4.82. The van der Waals surface area contributed by atoms with Gasteiger partial charge < -0.3 is 10.1 Å². The molecule has 1 aromatic heterocycles. The number of nitrogens with one attached hydrogen (secondary N) is 1. The van der Waals surface area contributed by atoms with Gasteiger partial charge >= 0.3 is 0 Å². The highest BCUT2D eigenvalue weighted by atomic mass is 79.9. The lowest BCUT2D eigenvalue weighted by Crippen LogP contribution is -2.04. The molecule has 0 aliphatic carbocycles. The Morgan fingerprint density at radius 3 is 2.80 bits per heavy atom. The Hall–Kier alpha value is -1.26. The van der Waals surface area contributed by atoms with Crippen molar-refractivity contribution in [1.29, 1.82) is 0 Å². The van der Waals surface area contributed by atoms with Gasteiger partial charge in [0.05, 0.1) is 10.7 Å². The summed E-state index contributed by atoms with van der Waals surface area (Å²) >= 11 is 9.61. The standard InChI is InChI=1S/C15H16BrClN2O/c1-3-18-15-7-6-13(17)14(19-15)9-20-11-4-5-12(16)10(2)8-11/h4-8H,3,9H2,1-2H3,(H,18,19). The molecule has 0 bridgehead atoms. The molecule has 106 valence electrons. The maximum absolute atomic E-state index is 6.14. The van der Waals surface area contributed by atoms with E-state index in [2.05, 4.69) is 26.2 Å². The number of halogens is 2. The quantitative estimate of drug-likeness (QED) is 0.835. The van der Waals surface area contributed by atoms with Crippen LogP contribution in [0.15, 0.2) is 34.8 Å². The zero-order chi connectivity index (χ0) is 14.5. The minimum Gasteiger partial charge on any atom is -0.487 e. The first kappa shape index (κ1) is 15.1. The third-order valence-corrected chi connectivity index (χ3v) is 4.02. The summed E-state index contributed by atoms with van der Waals surface area (Å²) < 4.78 is 6.81. The fraction of sp³-hybridized carbons (Fsp3) is 0.267. The van der Waals surface area contributed by atoms with Crippen molar-refractivity contribution >= 4 is 33.3 Å². The van der Waals surface area contributed by atoms with Crippen molar-refractivity contribution in [2.45, 2.75) is 20.5 Å². The van der Waals surface area contributed by atoms with Gasteiger partial charge in [-0.2, -0.15) is 0 Å². The molecule has 2 rings (SSSR count). The zero-order valence-electron chi connectivity index (χ0n) is 11.4. The van der Waals surface area contributed by atoms with E-state index in [0.29, 0.717) is 11.6 Å². The number of hydrogen-bond donors (Lipinski definition) is 1. The Labute approximate surface area is 132 Å². The molecule has 0 unspecified atom stereocenters. The van der Waals surface area contributed by atoms with Gasteiger partial charge in [0.25, 0.3) is 0 Å². The van der Waals surface area contributed by atoms with Gasteiger partial charge in [0.15, 0.2) is 0 Å². The summed E-state index contributed by atoms with van der Waals surface area (Å²) in [5, 5.41) is 3.77. The van der Waals surface area contributed by atoms with Gasteiger partial charge in [0, 0.05) is 11.0 Å². The molecule has 20 heavy (non-hydrogen) atoms. The highest BCUT2D eigenvalue weighted by molar-refractivity contribution is 9.10. The van der Waals surface area contributed by atoms with Crippen LogP contribution in [0.4, 0.5) is 5.82 Å². The first-order valence-electron chi connectivity index (χ1n) is 6.38. The summed E-state index contributed by atoms with van der Waals surface area (Å²) in [5.74, 6) is 1.61. The van der Waals surface area contributed by atoms with E-state index in [1.807, 2.05) is 44.2 Å². The molecule has 0 spiro atoms. The van der Waals surface area contributed by atoms with Crippen molar-refractivity contribution in [2.75, 3.05) is 11.9 Å². The van der Waals surface area contributed by atoms with E-state index in [4.69, 9.17) is 16.3 Å². The lowest BCUT2D eigenvalue weighted by Gasteiger charge is -2.10. The number of rotatable bonds is 5. The molecule has 0 radical (unpaired) electrons. The number of anilines is 1. The molecular weight excluding hydrogens is 340 g/mol. The summed E-state index contributed by atoms with van der Waals surface area (Å²) in [6, 6.07) is 9.55. The van der Waals surface area contributed by atoms with Crippen molar-refractivity contribution < 1.29 is 4.74 Å². The van der Waals surface area contributed by atoms with Gasteiger partial charge in [0.2, 0.25) is 0 Å². The Bertz CT molecular complexity index is 604. The second-order valence-corrected chi connectivity index (χ2v) is 5.62. The molecule has 1 aromatic carbocycles. The molecule has 0 atom stereocenters. The Morgan fingerprint density at radius 1 is 1.30 bits per heavy atom. The fourth-order valence-electron chi connectivity index (χ4n) is 1.72. The number of aryl methyl sites for hydroxylation is 1. The Balaban J connectivity index is 2.09. The van der Waals surface area contributed by atoms with Gasteiger partial charge in [-0.15, -0.1) is 0 Å². The second kappa shape index (κ2) is 6.95. The van der Waals surface area contributed by atoms with Crippen LogP contribution in [-0.2, 0) is 6.61 Å². The third-order valence-electron chi connectivity index (χ3n) is 2.78. The topological polar surface area (TPSA) is 34.1 Å². The molecule has 0 saturated carbocycles. The average Bonchev–Trinajstić information content (AvgIpc) is 2.43. The second-order valence-electron chi connectivity index (χ2n) is 4.36. The summed E-state index contributed by atoms with van der Waals surface area (Å²) in [6.07, 6.45) is 0. The fourth-order valence-corrected chi connectivity index (χ4v) is 2.13. The van der Waals surface area contributed by atoms with Crippen LogP contribution >= 0.6 is 27.5 Å². The number of ether oxygens (including phenoxy) is 1. The van der Waals surface area contributed by atoms with Crippen LogP contribution in [0.3, 0.4) is 0 Å². The molecule has 0 aliphatic rings. The molecule has 2 aromatic rings. The highest BCUT2D eigenvalue weighted by Crippen LogP contribution is 2.23. The molecule has 0 aliphatic heterocycles. The summed E-state index contributed by atoms with van der Waals surface area (Å²) in [4.78, 5) is 4.44. The van der Waals surface area contributed by atoms with Crippen LogP contribution in [0.5, 0.6) is 5.75 Å². The minimum absolute atomic E-state index is 0.346. The van der Waals surface area contributed by atoms with Crippen molar-refractivity contribution in [2.24, 2.45) is 0 Å². The van der Waals surface area contributed by atoms with Gasteiger partial charge in [-0.1, -0.05) is 27.5 Å². The monoisotopic (exact) mass is 354 g/mol. The minimum atomic E-state index is 0.346. The molecule has 0 saturated heterocycles. The van der Waals surface area contributed by atoms with Crippen LogP contribution in [0, 0.1) is 6.92 Å². The number of aromatic nitrogens is 1. The Morgan fingerprint density at radius 2 is 2.10 bits per heavy atom. The number of hydrogen-bond acceptors (Lipinski definition) is 3. The van der Waals surface area contributed by atoms with Crippen molar-refractivity contribution in [3.05, 3.63) is 51.1 Å². The first-order valence-corrected chi connectivity index (χ1v) is 7.55. The van der Waals surface area contributed by atoms with Crippen molar-refractivity contribution in [3.63, 3.8) is 0 Å². The number of benzene rings is 1. The van der Waals surface area contributed by atoms with E-state index >= 15 is 0 Å². The summed E-state index contributed by atoms with van der Waals surface area (Å²) in [6.45, 7) is 5.21. The lowest BCUT2D eigenvalue weighted by atomic mass is 10.2. The molecule has 1 N–H and O–H groups in total. The summed E-state index contributed by atoms with van der Waals surface area (Å²) in [7, 11) is 0. The van der Waals surface area contributed by atoms with E-state index in [9.17, 15) is 0 Å². The van der Waals surface area contributed by atoms with Gasteiger partial charge in [0.1, 0.15) is 18.2 Å². The van der Waals surface area contributed by atoms with Crippen LogP contribution < -0.4 is 10.1 Å². The number of pyridine rings is 1. The van der Waals surface area contributed by atoms with Crippen molar-refractivity contribution in [3.8, 4) is 5.75 Å². The van der Waals surface area contributed by atoms with E-state index in [-0.39, 0.29) is 0 Å². The highest BCUT2D eigenvalue weighted by Gasteiger charge is 2.06. The normalized spacial score (nSPS) is 10.4. The van der Waals surface area contributed by atoms with Crippen LogP contribution in [0.1, 0.15) is 18.2 Å². The maximum Gasteiger partial charge on any atom is 0.132 e. The van der Waals surface area contributed by atoms with E-state index < -0.39 is 0 Å². The zero-order valence-corrected chi connectivity index (χ0v) is 13.8. The lowest BCUT2D eigenvalue weighted by molar-refractivity contribution is 0.301. The maximum atomic E-state index is 6.14. The average molecular weight is 356 g/mol. The molecule has 5 heteroatoms. The predicted molar refractivity (Wildman–Crippen MR) is 86.6 cm³/mol. The van der Waals surface area contributed by atoms with E-state index in [1.165, 1.54) is 0 Å². The Kier molecular flexibility index (Phi) is 5.26. The first-order chi connectivity index (χ1) is 9.60. The molecule has 1 heterocycles. The molecule has 0 amide bonds. The van der Waals surface area contributed by atoms with Gasteiger partial charge in [-0.25, -0.2) is 4.98 Å². The van der Waals surface area contributed by atoms with Crippen LogP contribution in [0.25, 0.3) is 0 Å². The molecular formula is C15H16BrClN2O. The third kappa shape index (κ3) is 3.87. The number of nitrogens with zero attached hydrogens (tertiary/aromatic N) is 1. The van der Waals surface area contributed by atoms with Gasteiger partial charge in [-0.05, 0) is 49.7 Å². The van der Waals surface area contributed by atoms with E-state index in [0.717, 1.165) is 33.8 Å². The van der Waals surface area contributed by atoms with Crippen LogP contribution in [0.2, 0.25) is 5.02 Å². The van der Waals surface area contributed by atoms with E-state index in [1.54, 1.807) is 0 Å². The molecule has 3 nitrogen and oxygen atoms in total. The largest absolute Gasteiger partial charge is 0.487 e.